The number of nitrogens with zero attached hydrogens (tertiary/aromatic N) is 1. The van der Waals surface area contributed by atoms with Crippen molar-refractivity contribution in [3.63, 3.8) is 0 Å². The zero-order valence-corrected chi connectivity index (χ0v) is 17.1. The molecule has 0 aliphatic heterocycles. The summed E-state index contributed by atoms with van der Waals surface area (Å²) < 4.78 is 67.1. The van der Waals surface area contributed by atoms with Crippen LogP contribution in [0.2, 0.25) is 0 Å². The fourth-order valence-corrected chi connectivity index (χ4v) is 3.78. The smallest absolute Gasteiger partial charge is 0.416 e. The summed E-state index contributed by atoms with van der Waals surface area (Å²) in [6.07, 6.45) is -3.23. The predicted molar refractivity (Wildman–Crippen MR) is 110 cm³/mol. The van der Waals surface area contributed by atoms with Gasteiger partial charge in [0.05, 0.1) is 21.5 Å². The Balaban J connectivity index is 1.53. The van der Waals surface area contributed by atoms with E-state index in [2.05, 4.69) is 9.97 Å². The van der Waals surface area contributed by atoms with Crippen LogP contribution in [0.3, 0.4) is 0 Å². The molecule has 0 spiro atoms. The van der Waals surface area contributed by atoms with Crippen molar-refractivity contribution in [2.45, 2.75) is 17.7 Å². The number of imidazole rings is 1. The molecular weight excluding hydrogens is 429 g/mol. The third-order valence-corrected chi connectivity index (χ3v) is 5.79. The van der Waals surface area contributed by atoms with Crippen LogP contribution in [0.1, 0.15) is 11.4 Å². The highest BCUT2D eigenvalue weighted by Gasteiger charge is 2.30. The van der Waals surface area contributed by atoms with Crippen molar-refractivity contribution in [3.05, 3.63) is 78.1 Å². The van der Waals surface area contributed by atoms with Gasteiger partial charge >= 0.3 is 6.18 Å². The van der Waals surface area contributed by atoms with E-state index in [4.69, 9.17) is 4.74 Å². The number of rotatable bonds is 5. The molecule has 4 rings (SSSR count). The maximum Gasteiger partial charge on any atom is 0.416 e. The number of ether oxygens (including phenoxy) is 1. The lowest BCUT2D eigenvalue weighted by molar-refractivity contribution is -0.137. The summed E-state index contributed by atoms with van der Waals surface area (Å²) in [6, 6.07) is 16.6. The van der Waals surface area contributed by atoms with E-state index in [9.17, 15) is 21.6 Å². The van der Waals surface area contributed by atoms with Crippen molar-refractivity contribution in [3.8, 4) is 16.9 Å². The molecule has 9 heteroatoms. The van der Waals surface area contributed by atoms with Crippen LogP contribution in [0.4, 0.5) is 13.2 Å². The second kappa shape index (κ2) is 7.73. The molecule has 1 heterocycles. The number of benzene rings is 3. The summed E-state index contributed by atoms with van der Waals surface area (Å²) in [5.74, 6) is 0.809. The number of H-pyrrole nitrogens is 1. The maximum atomic E-state index is 12.6. The number of hydrogen-bond acceptors (Lipinski definition) is 4. The third-order valence-electron chi connectivity index (χ3n) is 4.68. The molecule has 0 fully saturated rings. The highest BCUT2D eigenvalue weighted by atomic mass is 32.2. The molecular formula is C22H17F3N2O3S. The summed E-state index contributed by atoms with van der Waals surface area (Å²) in [6.45, 7) is 0.0545. The number of aromatic nitrogens is 2. The quantitative estimate of drug-likeness (QED) is 0.456. The monoisotopic (exact) mass is 446 g/mol. The molecule has 0 saturated carbocycles. The average molecular weight is 446 g/mol. The van der Waals surface area contributed by atoms with Gasteiger partial charge in [0.2, 0.25) is 0 Å². The Labute approximate surface area is 176 Å². The van der Waals surface area contributed by atoms with Crippen molar-refractivity contribution in [1.29, 1.82) is 0 Å². The summed E-state index contributed by atoms with van der Waals surface area (Å²) in [5.41, 5.74) is 2.25. The standard InChI is InChI=1S/C22H17F3N2O3S/c1-31(28,29)18-4-2-3-14(11-18)15-5-10-19-20(12-15)27-21(26-19)13-30-17-8-6-16(7-9-17)22(23,24)25/h2-12H,13H2,1H3,(H,26,27). The minimum atomic E-state index is -4.39. The van der Waals surface area contributed by atoms with Crippen LogP contribution < -0.4 is 4.74 Å². The molecule has 0 aliphatic carbocycles. The summed E-state index contributed by atoms with van der Waals surface area (Å²) >= 11 is 0. The Morgan fingerprint density at radius 3 is 2.35 bits per heavy atom. The number of alkyl halides is 3. The first-order chi connectivity index (χ1) is 14.6. The molecule has 4 aromatic rings. The first-order valence-electron chi connectivity index (χ1n) is 9.19. The lowest BCUT2D eigenvalue weighted by Crippen LogP contribution is -2.04. The lowest BCUT2D eigenvalue weighted by Gasteiger charge is -2.08. The Morgan fingerprint density at radius 1 is 0.968 bits per heavy atom. The number of hydrogen-bond donors (Lipinski definition) is 1. The number of aromatic amines is 1. The molecule has 0 aliphatic rings. The van der Waals surface area contributed by atoms with Gasteiger partial charge in [0.15, 0.2) is 9.84 Å². The zero-order valence-electron chi connectivity index (χ0n) is 16.3. The van der Waals surface area contributed by atoms with Crippen molar-refractivity contribution in [1.82, 2.24) is 9.97 Å². The normalized spacial score (nSPS) is 12.3. The number of fused-ring (bicyclic) bond motifs is 1. The van der Waals surface area contributed by atoms with Gasteiger partial charge < -0.3 is 9.72 Å². The van der Waals surface area contributed by atoms with Crippen LogP contribution in [0.15, 0.2) is 71.6 Å². The van der Waals surface area contributed by atoms with E-state index in [-0.39, 0.29) is 11.5 Å². The molecule has 0 bridgehead atoms. The largest absolute Gasteiger partial charge is 0.486 e. The predicted octanol–water partition coefficient (Wildman–Crippen LogP) is 5.23. The topological polar surface area (TPSA) is 72.1 Å². The van der Waals surface area contributed by atoms with Crippen LogP contribution in [0.25, 0.3) is 22.2 Å². The Kier molecular flexibility index (Phi) is 5.22. The van der Waals surface area contributed by atoms with Crippen LogP contribution in [0, 0.1) is 0 Å². The van der Waals surface area contributed by atoms with E-state index in [0.717, 1.165) is 35.0 Å². The molecule has 31 heavy (non-hydrogen) atoms. The van der Waals surface area contributed by atoms with Gasteiger partial charge in [-0.15, -0.1) is 0 Å². The van der Waals surface area contributed by atoms with Gasteiger partial charge in [0.1, 0.15) is 18.2 Å². The van der Waals surface area contributed by atoms with E-state index in [1.54, 1.807) is 24.3 Å². The minimum absolute atomic E-state index is 0.0545. The number of nitrogens with one attached hydrogen (secondary N) is 1. The van der Waals surface area contributed by atoms with E-state index < -0.39 is 21.6 Å². The fraction of sp³-hybridized carbons (Fsp3) is 0.136. The van der Waals surface area contributed by atoms with Gasteiger partial charge in [-0.05, 0) is 59.7 Å². The SMILES string of the molecule is CS(=O)(=O)c1cccc(-c2ccc3nc(COc4ccc(C(F)(F)F)cc4)[nH]c3c2)c1. The van der Waals surface area contributed by atoms with Crippen molar-refractivity contribution in [2.75, 3.05) is 6.26 Å². The minimum Gasteiger partial charge on any atom is -0.486 e. The summed E-state index contributed by atoms with van der Waals surface area (Å²) in [7, 11) is -3.32. The van der Waals surface area contributed by atoms with Gasteiger partial charge in [-0.2, -0.15) is 13.2 Å². The van der Waals surface area contributed by atoms with Crippen molar-refractivity contribution in [2.24, 2.45) is 0 Å². The van der Waals surface area contributed by atoms with E-state index in [0.29, 0.717) is 17.1 Å². The second-order valence-electron chi connectivity index (χ2n) is 7.03. The van der Waals surface area contributed by atoms with E-state index >= 15 is 0 Å². The summed E-state index contributed by atoms with van der Waals surface area (Å²) in [4.78, 5) is 7.78. The van der Waals surface area contributed by atoms with Crippen LogP contribution in [0.5, 0.6) is 5.75 Å². The second-order valence-corrected chi connectivity index (χ2v) is 9.04. The molecule has 0 amide bonds. The molecule has 3 aromatic carbocycles. The van der Waals surface area contributed by atoms with Crippen molar-refractivity contribution < 1.29 is 26.3 Å². The fourth-order valence-electron chi connectivity index (χ4n) is 3.11. The molecule has 0 radical (unpaired) electrons. The molecule has 160 valence electrons. The van der Waals surface area contributed by atoms with Crippen LogP contribution in [-0.4, -0.2) is 24.6 Å². The Morgan fingerprint density at radius 2 is 1.68 bits per heavy atom. The van der Waals surface area contributed by atoms with Gasteiger partial charge in [0.25, 0.3) is 0 Å². The molecule has 0 unspecified atom stereocenters. The highest BCUT2D eigenvalue weighted by molar-refractivity contribution is 7.90. The van der Waals surface area contributed by atoms with Gasteiger partial charge in [-0.1, -0.05) is 18.2 Å². The number of halogens is 3. The summed E-state index contributed by atoms with van der Waals surface area (Å²) in [5, 5.41) is 0. The molecule has 1 aromatic heterocycles. The lowest BCUT2D eigenvalue weighted by atomic mass is 10.1. The molecule has 0 atom stereocenters. The average Bonchev–Trinajstić information content (AvgIpc) is 3.13. The van der Waals surface area contributed by atoms with Gasteiger partial charge in [-0.3, -0.25) is 0 Å². The van der Waals surface area contributed by atoms with Crippen LogP contribution in [-0.2, 0) is 22.6 Å². The highest BCUT2D eigenvalue weighted by Crippen LogP contribution is 2.30. The van der Waals surface area contributed by atoms with Crippen LogP contribution >= 0.6 is 0 Å². The van der Waals surface area contributed by atoms with E-state index in [1.165, 1.54) is 12.1 Å². The van der Waals surface area contributed by atoms with E-state index in [1.807, 2.05) is 18.2 Å². The first kappa shape index (κ1) is 20.9. The Bertz CT molecular complexity index is 1340. The maximum absolute atomic E-state index is 12.6. The zero-order chi connectivity index (χ0) is 22.2. The third kappa shape index (κ3) is 4.72. The number of sulfone groups is 1. The molecule has 5 nitrogen and oxygen atoms in total. The Hall–Kier alpha value is -3.33. The molecule has 1 N–H and O–H groups in total. The van der Waals surface area contributed by atoms with Crippen molar-refractivity contribution >= 4 is 20.9 Å². The van der Waals surface area contributed by atoms with Gasteiger partial charge in [-0.25, -0.2) is 13.4 Å². The van der Waals surface area contributed by atoms with Gasteiger partial charge in [0, 0.05) is 6.26 Å². The molecule has 0 saturated heterocycles. The first-order valence-corrected chi connectivity index (χ1v) is 11.1.